The quantitative estimate of drug-likeness (QED) is 0.824. The van der Waals surface area contributed by atoms with E-state index in [9.17, 15) is 4.79 Å². The van der Waals surface area contributed by atoms with Crippen molar-refractivity contribution < 1.29 is 4.79 Å². The van der Waals surface area contributed by atoms with Crippen LogP contribution in [0.2, 0.25) is 0 Å². The van der Waals surface area contributed by atoms with Crippen molar-refractivity contribution in [1.82, 2.24) is 10.3 Å². The van der Waals surface area contributed by atoms with Gasteiger partial charge in [-0.15, -0.1) is 0 Å². The summed E-state index contributed by atoms with van der Waals surface area (Å²) in [5.74, 6) is -0.128. The molecule has 0 saturated carbocycles. The molecule has 0 aliphatic rings. The van der Waals surface area contributed by atoms with Gasteiger partial charge >= 0.3 is 0 Å². The summed E-state index contributed by atoms with van der Waals surface area (Å²) < 4.78 is 0. The standard InChI is InChI=1S/C13H21N3O/c1-5-13(3,4)16-12(17)11-9-10(14-6-2)7-8-15-11/h7-9H,5-6H2,1-4H3,(H,14,15)(H,16,17). The van der Waals surface area contributed by atoms with Crippen molar-refractivity contribution in [2.24, 2.45) is 0 Å². The Morgan fingerprint density at radius 2 is 2.12 bits per heavy atom. The van der Waals surface area contributed by atoms with Gasteiger partial charge in [-0.25, -0.2) is 0 Å². The number of pyridine rings is 1. The van der Waals surface area contributed by atoms with Crippen LogP contribution in [0.4, 0.5) is 5.69 Å². The predicted octanol–water partition coefficient (Wildman–Crippen LogP) is 2.43. The zero-order chi connectivity index (χ0) is 12.9. The van der Waals surface area contributed by atoms with Crippen molar-refractivity contribution in [3.8, 4) is 0 Å². The monoisotopic (exact) mass is 235 g/mol. The summed E-state index contributed by atoms with van der Waals surface area (Å²) in [7, 11) is 0. The Kier molecular flexibility index (Phi) is 4.49. The van der Waals surface area contributed by atoms with Gasteiger partial charge in [-0.1, -0.05) is 6.92 Å². The normalized spacial score (nSPS) is 11.1. The molecule has 1 amide bonds. The second-order valence-electron chi connectivity index (χ2n) is 4.65. The van der Waals surface area contributed by atoms with Gasteiger partial charge in [0.15, 0.2) is 0 Å². The molecule has 0 aliphatic carbocycles. The van der Waals surface area contributed by atoms with Gasteiger partial charge in [0.05, 0.1) is 0 Å². The molecule has 1 aromatic heterocycles. The number of amides is 1. The molecule has 1 aromatic rings. The molecule has 0 fully saturated rings. The van der Waals surface area contributed by atoms with Crippen molar-refractivity contribution in [2.75, 3.05) is 11.9 Å². The highest BCUT2D eigenvalue weighted by atomic mass is 16.2. The van der Waals surface area contributed by atoms with Crippen molar-refractivity contribution in [1.29, 1.82) is 0 Å². The van der Waals surface area contributed by atoms with Crippen LogP contribution in [0.5, 0.6) is 0 Å². The van der Waals surface area contributed by atoms with Gasteiger partial charge in [-0.05, 0) is 39.3 Å². The van der Waals surface area contributed by atoms with Crippen molar-refractivity contribution in [3.05, 3.63) is 24.0 Å². The molecule has 1 heterocycles. The number of carbonyl (C=O) groups is 1. The highest BCUT2D eigenvalue weighted by Crippen LogP contribution is 2.11. The molecule has 0 aromatic carbocycles. The van der Waals surface area contributed by atoms with Crippen LogP contribution in [0, 0.1) is 0 Å². The van der Waals surface area contributed by atoms with Crippen LogP contribution < -0.4 is 10.6 Å². The third-order valence-electron chi connectivity index (χ3n) is 2.71. The average molecular weight is 235 g/mol. The minimum Gasteiger partial charge on any atom is -0.385 e. The first-order chi connectivity index (χ1) is 7.98. The van der Waals surface area contributed by atoms with Crippen molar-refractivity contribution >= 4 is 11.6 Å². The number of aromatic nitrogens is 1. The molecule has 0 saturated heterocycles. The van der Waals surface area contributed by atoms with Gasteiger partial charge in [0, 0.05) is 24.0 Å². The lowest BCUT2D eigenvalue weighted by atomic mass is 10.0. The molecular formula is C13H21N3O. The minimum atomic E-state index is -0.201. The van der Waals surface area contributed by atoms with Crippen LogP contribution in [0.15, 0.2) is 18.3 Å². The Balaban J connectivity index is 2.78. The molecule has 1 rings (SSSR count). The van der Waals surface area contributed by atoms with E-state index in [0.717, 1.165) is 18.7 Å². The summed E-state index contributed by atoms with van der Waals surface area (Å²) in [4.78, 5) is 16.1. The molecule has 17 heavy (non-hydrogen) atoms. The number of rotatable bonds is 5. The maximum atomic E-state index is 12.0. The fraction of sp³-hybridized carbons (Fsp3) is 0.538. The minimum absolute atomic E-state index is 0.128. The molecule has 4 heteroatoms. The molecule has 94 valence electrons. The molecule has 2 N–H and O–H groups in total. The third-order valence-corrected chi connectivity index (χ3v) is 2.71. The zero-order valence-electron chi connectivity index (χ0n) is 11.0. The summed E-state index contributed by atoms with van der Waals surface area (Å²) in [6, 6.07) is 3.62. The van der Waals surface area contributed by atoms with E-state index in [2.05, 4.69) is 15.6 Å². The van der Waals surface area contributed by atoms with Crippen LogP contribution >= 0.6 is 0 Å². The average Bonchev–Trinajstić information content (AvgIpc) is 2.29. The lowest BCUT2D eigenvalue weighted by Crippen LogP contribution is -2.43. The molecule has 0 bridgehead atoms. The van der Waals surface area contributed by atoms with E-state index in [0.29, 0.717) is 5.69 Å². The van der Waals surface area contributed by atoms with Crippen molar-refractivity contribution in [2.45, 2.75) is 39.7 Å². The highest BCUT2D eigenvalue weighted by molar-refractivity contribution is 5.93. The fourth-order valence-electron chi connectivity index (χ4n) is 1.33. The fourth-order valence-corrected chi connectivity index (χ4v) is 1.33. The van der Waals surface area contributed by atoms with Gasteiger partial charge in [-0.3, -0.25) is 9.78 Å². The first-order valence-electron chi connectivity index (χ1n) is 6.01. The summed E-state index contributed by atoms with van der Waals surface area (Å²) in [6.45, 7) is 8.88. The number of nitrogens with one attached hydrogen (secondary N) is 2. The van der Waals surface area contributed by atoms with Crippen LogP contribution in [-0.2, 0) is 0 Å². The number of hydrogen-bond donors (Lipinski definition) is 2. The number of nitrogens with zero attached hydrogens (tertiary/aromatic N) is 1. The van der Waals surface area contributed by atoms with Gasteiger partial charge in [-0.2, -0.15) is 0 Å². The molecule has 4 nitrogen and oxygen atoms in total. The Morgan fingerprint density at radius 1 is 1.41 bits per heavy atom. The Labute approximate surface area is 103 Å². The molecule has 0 atom stereocenters. The summed E-state index contributed by atoms with van der Waals surface area (Å²) in [6.07, 6.45) is 2.53. The Morgan fingerprint density at radius 3 is 2.71 bits per heavy atom. The van der Waals surface area contributed by atoms with E-state index in [-0.39, 0.29) is 11.4 Å². The first kappa shape index (κ1) is 13.5. The molecule has 0 unspecified atom stereocenters. The van der Waals surface area contributed by atoms with Crippen LogP contribution in [0.3, 0.4) is 0 Å². The maximum absolute atomic E-state index is 12.0. The topological polar surface area (TPSA) is 54.0 Å². The third kappa shape index (κ3) is 4.06. The van der Waals surface area contributed by atoms with E-state index >= 15 is 0 Å². The van der Waals surface area contributed by atoms with E-state index in [4.69, 9.17) is 0 Å². The molecular weight excluding hydrogens is 214 g/mol. The summed E-state index contributed by atoms with van der Waals surface area (Å²) in [5.41, 5.74) is 1.17. The first-order valence-corrected chi connectivity index (χ1v) is 6.01. The van der Waals surface area contributed by atoms with Crippen LogP contribution in [0.1, 0.15) is 44.6 Å². The van der Waals surface area contributed by atoms with Gasteiger partial charge in [0.25, 0.3) is 5.91 Å². The van der Waals surface area contributed by atoms with Crippen molar-refractivity contribution in [3.63, 3.8) is 0 Å². The molecule has 0 aliphatic heterocycles. The lowest BCUT2D eigenvalue weighted by molar-refractivity contribution is 0.0906. The maximum Gasteiger partial charge on any atom is 0.270 e. The second-order valence-corrected chi connectivity index (χ2v) is 4.65. The Bertz CT molecular complexity index is 388. The van der Waals surface area contributed by atoms with E-state index in [1.807, 2.05) is 33.8 Å². The van der Waals surface area contributed by atoms with E-state index in [1.165, 1.54) is 0 Å². The lowest BCUT2D eigenvalue weighted by Gasteiger charge is -2.24. The molecule has 0 spiro atoms. The summed E-state index contributed by atoms with van der Waals surface area (Å²) >= 11 is 0. The van der Waals surface area contributed by atoms with Gasteiger partial charge in [0.1, 0.15) is 5.69 Å². The SMILES string of the molecule is CCNc1ccnc(C(=O)NC(C)(C)CC)c1. The van der Waals surface area contributed by atoms with Gasteiger partial charge < -0.3 is 10.6 Å². The highest BCUT2D eigenvalue weighted by Gasteiger charge is 2.19. The molecule has 0 radical (unpaired) electrons. The number of anilines is 1. The second kappa shape index (κ2) is 5.66. The predicted molar refractivity (Wildman–Crippen MR) is 70.2 cm³/mol. The summed E-state index contributed by atoms with van der Waals surface area (Å²) in [5, 5.41) is 6.12. The van der Waals surface area contributed by atoms with Crippen LogP contribution in [0.25, 0.3) is 0 Å². The smallest absolute Gasteiger partial charge is 0.270 e. The van der Waals surface area contributed by atoms with Gasteiger partial charge in [0.2, 0.25) is 0 Å². The number of carbonyl (C=O) groups excluding carboxylic acids is 1. The van der Waals surface area contributed by atoms with E-state index in [1.54, 1.807) is 12.3 Å². The largest absolute Gasteiger partial charge is 0.385 e. The number of hydrogen-bond acceptors (Lipinski definition) is 3. The van der Waals surface area contributed by atoms with Crippen LogP contribution in [-0.4, -0.2) is 23.0 Å². The Hall–Kier alpha value is -1.58. The zero-order valence-corrected chi connectivity index (χ0v) is 11.0. The van der Waals surface area contributed by atoms with E-state index < -0.39 is 0 Å².